The Kier molecular flexibility index (Phi) is 3.19. The van der Waals surface area contributed by atoms with E-state index in [0.29, 0.717) is 22.4 Å². The van der Waals surface area contributed by atoms with Crippen LogP contribution in [0.25, 0.3) is 28.3 Å². The first kappa shape index (κ1) is 14.3. The fourth-order valence-corrected chi connectivity index (χ4v) is 2.41. The Morgan fingerprint density at radius 1 is 1.08 bits per heavy atom. The van der Waals surface area contributed by atoms with Crippen molar-refractivity contribution in [3.63, 3.8) is 0 Å². The normalized spacial score (nSPS) is 11.1. The van der Waals surface area contributed by atoms with Gasteiger partial charge < -0.3 is 4.42 Å². The van der Waals surface area contributed by atoms with Crippen LogP contribution in [0.2, 0.25) is 0 Å². The fraction of sp³-hybridized carbons (Fsp3) is 0.118. The second-order valence-corrected chi connectivity index (χ2v) is 5.51. The van der Waals surface area contributed by atoms with Gasteiger partial charge in [0.1, 0.15) is 12.0 Å². The van der Waals surface area contributed by atoms with Crippen molar-refractivity contribution in [3.8, 4) is 17.4 Å². The largest absolute Gasteiger partial charge is 0.401 e. The maximum absolute atomic E-state index is 12.2. The second-order valence-electron chi connectivity index (χ2n) is 5.51. The molecule has 118 valence electrons. The average molecular weight is 319 g/mol. The van der Waals surface area contributed by atoms with Crippen LogP contribution in [0.1, 0.15) is 11.1 Å². The van der Waals surface area contributed by atoms with Crippen molar-refractivity contribution in [1.82, 2.24) is 24.7 Å². The van der Waals surface area contributed by atoms with E-state index < -0.39 is 5.63 Å². The molecule has 0 aliphatic carbocycles. The Hall–Kier alpha value is -3.35. The molecule has 0 atom stereocenters. The number of aryl methyl sites for hydroxylation is 2. The first-order chi connectivity index (χ1) is 11.6. The van der Waals surface area contributed by atoms with Gasteiger partial charge in [-0.3, -0.25) is 4.57 Å². The summed E-state index contributed by atoms with van der Waals surface area (Å²) in [6.45, 7) is 3.92. The molecule has 0 saturated carbocycles. The van der Waals surface area contributed by atoms with E-state index in [-0.39, 0.29) is 5.89 Å². The molecule has 0 spiro atoms. The highest BCUT2D eigenvalue weighted by atomic mass is 16.4. The molecule has 3 aromatic heterocycles. The Bertz CT molecular complexity index is 1080. The summed E-state index contributed by atoms with van der Waals surface area (Å²) >= 11 is 0. The molecule has 0 amide bonds. The standard InChI is InChI=1S/C17H13N5O2/c1-10-7-12-14(8-11(10)2)19-16(24-17(12)23)13-3-4-15(21-20-13)22-6-5-18-9-22/h3-9H,1-2H3. The lowest BCUT2D eigenvalue weighted by Gasteiger charge is -2.05. The third-order valence-electron chi connectivity index (χ3n) is 3.88. The van der Waals surface area contributed by atoms with Crippen LogP contribution >= 0.6 is 0 Å². The van der Waals surface area contributed by atoms with Gasteiger partial charge in [-0.1, -0.05) is 0 Å². The Balaban J connectivity index is 1.81. The molecule has 7 nitrogen and oxygen atoms in total. The van der Waals surface area contributed by atoms with E-state index in [2.05, 4.69) is 20.2 Å². The molecule has 0 bridgehead atoms. The molecule has 0 unspecified atom stereocenters. The molecule has 4 rings (SSSR count). The van der Waals surface area contributed by atoms with E-state index in [9.17, 15) is 4.79 Å². The Morgan fingerprint density at radius 3 is 2.62 bits per heavy atom. The zero-order valence-electron chi connectivity index (χ0n) is 13.1. The number of rotatable bonds is 2. The third-order valence-corrected chi connectivity index (χ3v) is 3.88. The van der Waals surface area contributed by atoms with E-state index in [1.165, 1.54) is 0 Å². The van der Waals surface area contributed by atoms with Crippen molar-refractivity contribution in [2.45, 2.75) is 13.8 Å². The van der Waals surface area contributed by atoms with Crippen molar-refractivity contribution in [3.05, 3.63) is 64.5 Å². The summed E-state index contributed by atoms with van der Waals surface area (Å²) in [7, 11) is 0. The minimum atomic E-state index is -0.432. The fourth-order valence-electron chi connectivity index (χ4n) is 2.41. The molecule has 0 aliphatic heterocycles. The van der Waals surface area contributed by atoms with Gasteiger partial charge in [0.15, 0.2) is 5.82 Å². The lowest BCUT2D eigenvalue weighted by atomic mass is 10.1. The van der Waals surface area contributed by atoms with Gasteiger partial charge in [-0.2, -0.15) is 0 Å². The van der Waals surface area contributed by atoms with Crippen molar-refractivity contribution in [2.24, 2.45) is 0 Å². The zero-order chi connectivity index (χ0) is 16.7. The number of nitrogens with zero attached hydrogens (tertiary/aromatic N) is 5. The molecule has 7 heteroatoms. The Labute approximate surface area is 136 Å². The summed E-state index contributed by atoms with van der Waals surface area (Å²) in [6, 6.07) is 7.14. The van der Waals surface area contributed by atoms with Crippen LogP contribution in [-0.2, 0) is 0 Å². The highest BCUT2D eigenvalue weighted by Gasteiger charge is 2.12. The van der Waals surface area contributed by atoms with Crippen LogP contribution in [-0.4, -0.2) is 24.7 Å². The molecule has 0 saturated heterocycles. The highest BCUT2D eigenvalue weighted by molar-refractivity contribution is 5.80. The topological polar surface area (TPSA) is 86.7 Å². The third kappa shape index (κ3) is 2.36. The van der Waals surface area contributed by atoms with E-state index in [0.717, 1.165) is 11.1 Å². The first-order valence-corrected chi connectivity index (χ1v) is 7.36. The van der Waals surface area contributed by atoms with Crippen molar-refractivity contribution >= 4 is 10.9 Å². The predicted molar refractivity (Wildman–Crippen MR) is 87.9 cm³/mol. The zero-order valence-corrected chi connectivity index (χ0v) is 13.1. The smallest absolute Gasteiger partial charge is 0.347 e. The molecule has 24 heavy (non-hydrogen) atoms. The maximum atomic E-state index is 12.2. The van der Waals surface area contributed by atoms with Crippen molar-refractivity contribution < 1.29 is 4.42 Å². The number of benzene rings is 1. The van der Waals surface area contributed by atoms with Crippen LogP contribution in [0.15, 0.2) is 52.2 Å². The van der Waals surface area contributed by atoms with Crippen molar-refractivity contribution in [1.29, 1.82) is 0 Å². The SMILES string of the molecule is Cc1cc2nc(-c3ccc(-n4ccnc4)nn3)oc(=O)c2cc1C. The molecule has 0 aliphatic rings. The molecule has 4 aromatic rings. The van der Waals surface area contributed by atoms with Crippen molar-refractivity contribution in [2.75, 3.05) is 0 Å². The predicted octanol–water partition coefficient (Wildman–Crippen LogP) is 2.45. The van der Waals surface area contributed by atoms with E-state index >= 15 is 0 Å². The van der Waals surface area contributed by atoms with Gasteiger partial charge in [-0.15, -0.1) is 10.2 Å². The monoisotopic (exact) mass is 319 g/mol. The lowest BCUT2D eigenvalue weighted by Crippen LogP contribution is -2.05. The second kappa shape index (κ2) is 5.38. The van der Waals surface area contributed by atoms with Gasteiger partial charge in [0.05, 0.1) is 10.9 Å². The van der Waals surface area contributed by atoms with Crippen LogP contribution in [0.5, 0.6) is 0 Å². The van der Waals surface area contributed by atoms with E-state index in [1.807, 2.05) is 19.9 Å². The quantitative estimate of drug-likeness (QED) is 0.564. The molecule has 1 aromatic carbocycles. The lowest BCUT2D eigenvalue weighted by molar-refractivity contribution is 0.515. The molecule has 0 radical (unpaired) electrons. The van der Waals surface area contributed by atoms with Gasteiger partial charge in [0.2, 0.25) is 0 Å². The molecular weight excluding hydrogens is 306 g/mol. The minimum Gasteiger partial charge on any atom is -0.401 e. The van der Waals surface area contributed by atoms with Crippen LogP contribution in [0.3, 0.4) is 0 Å². The number of imidazole rings is 1. The van der Waals surface area contributed by atoms with Gasteiger partial charge in [-0.25, -0.2) is 14.8 Å². The number of fused-ring (bicyclic) bond motifs is 1. The van der Waals surface area contributed by atoms with Crippen LogP contribution in [0.4, 0.5) is 0 Å². The van der Waals surface area contributed by atoms with Crippen LogP contribution in [0, 0.1) is 13.8 Å². The first-order valence-electron chi connectivity index (χ1n) is 7.36. The highest BCUT2D eigenvalue weighted by Crippen LogP contribution is 2.19. The molecular formula is C17H13N5O2. The van der Waals surface area contributed by atoms with Gasteiger partial charge >= 0.3 is 5.63 Å². The molecule has 0 fully saturated rings. The van der Waals surface area contributed by atoms with Gasteiger partial charge in [0, 0.05) is 12.4 Å². The molecule has 3 heterocycles. The summed E-state index contributed by atoms with van der Waals surface area (Å²) in [5.74, 6) is 0.770. The summed E-state index contributed by atoms with van der Waals surface area (Å²) in [4.78, 5) is 20.6. The number of hydrogen-bond acceptors (Lipinski definition) is 6. The maximum Gasteiger partial charge on any atom is 0.347 e. The summed E-state index contributed by atoms with van der Waals surface area (Å²) in [5.41, 5.74) is 2.64. The Morgan fingerprint density at radius 2 is 1.92 bits per heavy atom. The summed E-state index contributed by atoms with van der Waals surface area (Å²) < 4.78 is 7.04. The van der Waals surface area contributed by atoms with Gasteiger partial charge in [-0.05, 0) is 49.2 Å². The van der Waals surface area contributed by atoms with E-state index in [1.54, 1.807) is 41.5 Å². The number of aromatic nitrogens is 5. The van der Waals surface area contributed by atoms with E-state index in [4.69, 9.17) is 4.42 Å². The van der Waals surface area contributed by atoms with Gasteiger partial charge in [0.25, 0.3) is 5.89 Å². The van der Waals surface area contributed by atoms with Crippen LogP contribution < -0.4 is 5.63 Å². The summed E-state index contributed by atoms with van der Waals surface area (Å²) in [6.07, 6.45) is 5.05. The average Bonchev–Trinajstić information content (AvgIpc) is 3.11. The summed E-state index contributed by atoms with van der Waals surface area (Å²) in [5, 5.41) is 8.67. The minimum absolute atomic E-state index is 0.153. The molecule has 0 N–H and O–H groups in total. The number of hydrogen-bond donors (Lipinski definition) is 0.